The lowest BCUT2D eigenvalue weighted by Crippen LogP contribution is -2.29. The Hall–Kier alpha value is -3.68. The largest absolute Gasteiger partial charge is 0.331 e. The molecule has 0 spiro atoms. The maximum absolute atomic E-state index is 12.2. The van der Waals surface area contributed by atoms with Crippen LogP contribution in [0.5, 0.6) is 0 Å². The highest BCUT2D eigenvalue weighted by Gasteiger charge is 2.26. The van der Waals surface area contributed by atoms with Crippen molar-refractivity contribution in [2.24, 2.45) is 0 Å². The normalized spacial score (nSPS) is 13.6. The molecule has 0 unspecified atom stereocenters. The molecule has 0 radical (unpaired) electrons. The van der Waals surface area contributed by atoms with Crippen LogP contribution in [-0.2, 0) is 6.54 Å². The fourth-order valence-electron chi connectivity index (χ4n) is 3.25. The number of benzene rings is 2. The second kappa shape index (κ2) is 6.80. The van der Waals surface area contributed by atoms with Gasteiger partial charge in [0.15, 0.2) is 5.82 Å². The first-order valence-electron chi connectivity index (χ1n) is 9.24. The predicted octanol–water partition coefficient (Wildman–Crippen LogP) is 3.27. The zero-order chi connectivity index (χ0) is 18.9. The van der Waals surface area contributed by atoms with Crippen LogP contribution in [0.1, 0.15) is 24.7 Å². The molecule has 2 N–H and O–H groups in total. The summed E-state index contributed by atoms with van der Waals surface area (Å²) in [5, 5.41) is 19.2. The number of hydrogen-bond donors (Lipinski definition) is 2. The molecular formula is C20H19N7O. The van der Waals surface area contributed by atoms with Crippen molar-refractivity contribution < 1.29 is 4.79 Å². The fraction of sp³-hybridized carbons (Fsp3) is 0.200. The van der Waals surface area contributed by atoms with Crippen LogP contribution < -0.4 is 10.6 Å². The molecule has 0 atom stereocenters. The Balaban J connectivity index is 1.23. The van der Waals surface area contributed by atoms with Crippen LogP contribution in [0.15, 0.2) is 61.1 Å². The average Bonchev–Trinajstić information content (AvgIpc) is 3.30. The molecule has 1 aliphatic rings. The Bertz CT molecular complexity index is 1120. The molecule has 2 aromatic carbocycles. The number of anilines is 1. The number of amides is 2. The van der Waals surface area contributed by atoms with Crippen LogP contribution in [0.25, 0.3) is 16.6 Å². The highest BCUT2D eigenvalue weighted by atomic mass is 16.2. The molecule has 140 valence electrons. The second-order valence-corrected chi connectivity index (χ2v) is 6.86. The number of nitrogens with one attached hydrogen (secondary N) is 2. The van der Waals surface area contributed by atoms with Gasteiger partial charge in [0.2, 0.25) is 0 Å². The maximum atomic E-state index is 12.2. The number of hydrogen-bond acceptors (Lipinski definition) is 4. The van der Waals surface area contributed by atoms with E-state index in [0.717, 1.165) is 35.3 Å². The number of carbonyl (C=O) groups is 1. The Labute approximate surface area is 161 Å². The van der Waals surface area contributed by atoms with Crippen LogP contribution in [-0.4, -0.2) is 30.6 Å². The molecule has 0 bridgehead atoms. The zero-order valence-electron chi connectivity index (χ0n) is 15.1. The van der Waals surface area contributed by atoms with Gasteiger partial charge in [0.05, 0.1) is 23.9 Å². The second-order valence-electron chi connectivity index (χ2n) is 6.86. The van der Waals surface area contributed by atoms with E-state index < -0.39 is 0 Å². The van der Waals surface area contributed by atoms with Crippen molar-refractivity contribution >= 4 is 22.6 Å². The summed E-state index contributed by atoms with van der Waals surface area (Å²) in [6, 6.07) is 15.8. The third-order valence-corrected chi connectivity index (χ3v) is 4.84. The number of urea groups is 1. The minimum absolute atomic E-state index is 0.275. The van der Waals surface area contributed by atoms with Crippen LogP contribution in [0.3, 0.4) is 0 Å². The summed E-state index contributed by atoms with van der Waals surface area (Å²) in [5.41, 5.74) is 2.69. The summed E-state index contributed by atoms with van der Waals surface area (Å²) >= 11 is 0. The molecule has 2 aromatic heterocycles. The molecule has 8 nitrogen and oxygen atoms in total. The van der Waals surface area contributed by atoms with Crippen LogP contribution in [0, 0.1) is 0 Å². The van der Waals surface area contributed by atoms with Crippen molar-refractivity contribution in [1.29, 1.82) is 0 Å². The van der Waals surface area contributed by atoms with E-state index in [1.165, 1.54) is 0 Å². The number of nitrogens with zero attached hydrogens (tertiary/aromatic N) is 5. The van der Waals surface area contributed by atoms with Gasteiger partial charge in [-0.25, -0.2) is 9.48 Å². The molecule has 5 rings (SSSR count). The molecule has 1 saturated carbocycles. The van der Waals surface area contributed by atoms with E-state index in [1.54, 1.807) is 6.33 Å². The van der Waals surface area contributed by atoms with E-state index in [2.05, 4.69) is 25.9 Å². The highest BCUT2D eigenvalue weighted by molar-refractivity contribution is 5.89. The van der Waals surface area contributed by atoms with Gasteiger partial charge in [-0.15, -0.1) is 10.2 Å². The average molecular weight is 373 g/mol. The molecule has 0 aliphatic heterocycles. The van der Waals surface area contributed by atoms with Gasteiger partial charge in [-0.2, -0.15) is 5.10 Å². The third kappa shape index (κ3) is 3.20. The summed E-state index contributed by atoms with van der Waals surface area (Å²) in [7, 11) is 0. The Morgan fingerprint density at radius 1 is 1.11 bits per heavy atom. The van der Waals surface area contributed by atoms with Crippen molar-refractivity contribution in [1.82, 2.24) is 29.9 Å². The number of rotatable bonds is 5. The SMILES string of the molecule is O=C(NCc1nncn1C1CC1)Nc1ccc(-n2ncc3ccccc32)cc1. The monoisotopic (exact) mass is 373 g/mol. The van der Waals surface area contributed by atoms with Crippen molar-refractivity contribution in [3.8, 4) is 5.69 Å². The summed E-state index contributed by atoms with van der Waals surface area (Å²) in [6.45, 7) is 0.347. The van der Waals surface area contributed by atoms with Gasteiger partial charge < -0.3 is 15.2 Å². The molecule has 1 fully saturated rings. The minimum atomic E-state index is -0.275. The topological polar surface area (TPSA) is 89.7 Å². The summed E-state index contributed by atoms with van der Waals surface area (Å²) < 4.78 is 3.91. The van der Waals surface area contributed by atoms with Crippen LogP contribution in [0.4, 0.5) is 10.5 Å². The third-order valence-electron chi connectivity index (χ3n) is 4.84. The zero-order valence-corrected chi connectivity index (χ0v) is 15.1. The molecule has 2 heterocycles. The van der Waals surface area contributed by atoms with E-state index >= 15 is 0 Å². The van der Waals surface area contributed by atoms with Gasteiger partial charge in [-0.3, -0.25) is 0 Å². The van der Waals surface area contributed by atoms with Crippen molar-refractivity contribution in [3.05, 3.63) is 66.9 Å². The molecule has 28 heavy (non-hydrogen) atoms. The van der Waals surface area contributed by atoms with Crippen molar-refractivity contribution in [2.75, 3.05) is 5.32 Å². The molecule has 0 saturated heterocycles. The Kier molecular flexibility index (Phi) is 4.01. The molecule has 2 amide bonds. The number of aromatic nitrogens is 5. The number of fused-ring (bicyclic) bond motifs is 1. The minimum Gasteiger partial charge on any atom is -0.331 e. The van der Waals surface area contributed by atoms with Crippen molar-refractivity contribution in [3.63, 3.8) is 0 Å². The lowest BCUT2D eigenvalue weighted by molar-refractivity contribution is 0.251. The van der Waals surface area contributed by atoms with Gasteiger partial charge >= 0.3 is 6.03 Å². The van der Waals surface area contributed by atoms with E-state index in [1.807, 2.05) is 64.0 Å². The summed E-state index contributed by atoms with van der Waals surface area (Å²) in [4.78, 5) is 12.2. The molecule has 8 heteroatoms. The van der Waals surface area contributed by atoms with Gasteiger partial charge in [0.1, 0.15) is 6.33 Å². The standard InChI is InChI=1S/C20H19N7O/c28-20(21-12-19-25-22-13-26(19)16-9-10-16)24-15-5-7-17(8-6-15)27-18-4-2-1-3-14(18)11-23-27/h1-8,11,13,16H,9-10,12H2,(H2,21,24,28). The molecular weight excluding hydrogens is 354 g/mol. The first-order valence-corrected chi connectivity index (χ1v) is 9.24. The lowest BCUT2D eigenvalue weighted by Gasteiger charge is -2.09. The lowest BCUT2D eigenvalue weighted by atomic mass is 10.2. The quantitative estimate of drug-likeness (QED) is 0.562. The highest BCUT2D eigenvalue weighted by Crippen LogP contribution is 2.35. The van der Waals surface area contributed by atoms with E-state index in [9.17, 15) is 4.79 Å². The van der Waals surface area contributed by atoms with Crippen LogP contribution >= 0.6 is 0 Å². The van der Waals surface area contributed by atoms with E-state index in [0.29, 0.717) is 18.3 Å². The molecule has 4 aromatic rings. The van der Waals surface area contributed by atoms with E-state index in [4.69, 9.17) is 0 Å². The number of carbonyl (C=O) groups excluding carboxylic acids is 1. The van der Waals surface area contributed by atoms with Gasteiger partial charge in [-0.05, 0) is 43.2 Å². The fourth-order valence-corrected chi connectivity index (χ4v) is 3.25. The Morgan fingerprint density at radius 2 is 1.93 bits per heavy atom. The number of para-hydroxylation sites is 1. The summed E-state index contributed by atoms with van der Waals surface area (Å²) in [5.74, 6) is 0.776. The van der Waals surface area contributed by atoms with Gasteiger partial charge in [0.25, 0.3) is 0 Å². The molecule has 1 aliphatic carbocycles. The predicted molar refractivity (Wildman–Crippen MR) is 105 cm³/mol. The Morgan fingerprint density at radius 3 is 2.75 bits per heavy atom. The van der Waals surface area contributed by atoms with Gasteiger partial charge in [-0.1, -0.05) is 18.2 Å². The van der Waals surface area contributed by atoms with Gasteiger partial charge in [0, 0.05) is 17.1 Å². The summed E-state index contributed by atoms with van der Waals surface area (Å²) in [6.07, 6.45) is 5.86. The van der Waals surface area contributed by atoms with Crippen molar-refractivity contribution in [2.45, 2.75) is 25.4 Å². The first-order chi connectivity index (χ1) is 13.8. The maximum Gasteiger partial charge on any atom is 0.319 e. The smallest absolute Gasteiger partial charge is 0.319 e. The first kappa shape index (κ1) is 16.5. The van der Waals surface area contributed by atoms with E-state index in [-0.39, 0.29) is 6.03 Å². The van der Waals surface area contributed by atoms with Crippen LogP contribution in [0.2, 0.25) is 0 Å².